The first kappa shape index (κ1) is 19.3. The first-order valence-electron chi connectivity index (χ1n) is 9.04. The van der Waals surface area contributed by atoms with Crippen molar-refractivity contribution in [1.29, 1.82) is 0 Å². The molecular formula is C18H24F3N5O. The van der Waals surface area contributed by atoms with Crippen molar-refractivity contribution < 1.29 is 18.0 Å². The molecule has 2 aliphatic rings. The van der Waals surface area contributed by atoms with E-state index in [4.69, 9.17) is 0 Å². The molecular weight excluding hydrogens is 359 g/mol. The van der Waals surface area contributed by atoms with Crippen molar-refractivity contribution in [1.82, 2.24) is 15.5 Å². The lowest BCUT2D eigenvalue weighted by Crippen LogP contribution is -2.53. The second-order valence-corrected chi connectivity index (χ2v) is 6.76. The highest BCUT2D eigenvalue weighted by Crippen LogP contribution is 2.31. The van der Waals surface area contributed by atoms with Crippen LogP contribution in [0.5, 0.6) is 0 Å². The van der Waals surface area contributed by atoms with E-state index < -0.39 is 11.7 Å². The number of nitrogens with one attached hydrogen (secondary N) is 2. The van der Waals surface area contributed by atoms with E-state index in [2.05, 4.69) is 15.6 Å². The van der Waals surface area contributed by atoms with Gasteiger partial charge in [0.1, 0.15) is 0 Å². The van der Waals surface area contributed by atoms with Gasteiger partial charge in [-0.15, -0.1) is 0 Å². The fourth-order valence-corrected chi connectivity index (χ4v) is 3.05. The number of carbonyl (C=O) groups is 1. The van der Waals surface area contributed by atoms with Gasteiger partial charge in [-0.1, -0.05) is 6.07 Å². The van der Waals surface area contributed by atoms with Crippen molar-refractivity contribution in [2.75, 3.05) is 44.7 Å². The molecule has 0 bridgehead atoms. The monoisotopic (exact) mass is 383 g/mol. The van der Waals surface area contributed by atoms with Gasteiger partial charge in [0, 0.05) is 45.0 Å². The van der Waals surface area contributed by atoms with Crippen LogP contribution in [-0.2, 0) is 11.0 Å². The standard InChI is InChI=1S/C18H24F3N5O/c1-22-17(23-12-16(27)24-14-5-6-14)26-9-7-25(8-10-26)15-4-2-3-13(11-15)18(19,20)21/h2-4,11,14H,5-10,12H2,1H3,(H,22,23)(H,24,27). The molecule has 1 saturated carbocycles. The number of halogens is 3. The van der Waals surface area contributed by atoms with Crippen LogP contribution in [-0.4, -0.2) is 62.6 Å². The third kappa shape index (κ3) is 5.27. The number of alkyl halides is 3. The summed E-state index contributed by atoms with van der Waals surface area (Å²) in [5, 5.41) is 5.96. The van der Waals surface area contributed by atoms with Crippen LogP contribution < -0.4 is 15.5 Å². The SMILES string of the molecule is CN=C(NCC(=O)NC1CC1)N1CCN(c2cccc(C(F)(F)F)c2)CC1. The minimum Gasteiger partial charge on any atom is -0.368 e. The molecule has 1 aliphatic carbocycles. The van der Waals surface area contributed by atoms with Crippen molar-refractivity contribution in [3.05, 3.63) is 29.8 Å². The Morgan fingerprint density at radius 1 is 1.22 bits per heavy atom. The molecule has 0 atom stereocenters. The van der Waals surface area contributed by atoms with Gasteiger partial charge in [0.2, 0.25) is 5.91 Å². The summed E-state index contributed by atoms with van der Waals surface area (Å²) < 4.78 is 38.7. The van der Waals surface area contributed by atoms with Crippen LogP contribution in [0.3, 0.4) is 0 Å². The topological polar surface area (TPSA) is 60.0 Å². The maximum atomic E-state index is 12.9. The number of carbonyl (C=O) groups excluding carboxylic acids is 1. The quantitative estimate of drug-likeness (QED) is 0.614. The van der Waals surface area contributed by atoms with Crippen LogP contribution in [0.25, 0.3) is 0 Å². The highest BCUT2D eigenvalue weighted by atomic mass is 19.4. The highest BCUT2D eigenvalue weighted by molar-refractivity contribution is 5.86. The molecule has 1 heterocycles. The third-order valence-corrected chi connectivity index (χ3v) is 4.68. The summed E-state index contributed by atoms with van der Waals surface area (Å²) in [6.07, 6.45) is -2.26. The summed E-state index contributed by atoms with van der Waals surface area (Å²) in [5.74, 6) is 0.575. The molecule has 0 aromatic heterocycles. The van der Waals surface area contributed by atoms with Crippen molar-refractivity contribution in [2.24, 2.45) is 4.99 Å². The van der Waals surface area contributed by atoms with Crippen LogP contribution >= 0.6 is 0 Å². The van der Waals surface area contributed by atoms with E-state index in [1.165, 1.54) is 12.1 Å². The molecule has 27 heavy (non-hydrogen) atoms. The number of amides is 1. The molecule has 0 radical (unpaired) electrons. The Labute approximate surface area is 156 Å². The van der Waals surface area contributed by atoms with Gasteiger partial charge in [-0.3, -0.25) is 9.79 Å². The maximum Gasteiger partial charge on any atom is 0.416 e. The number of guanidine groups is 1. The van der Waals surface area contributed by atoms with E-state index in [0.29, 0.717) is 43.9 Å². The Kier molecular flexibility index (Phi) is 5.76. The van der Waals surface area contributed by atoms with E-state index in [-0.39, 0.29) is 12.5 Å². The molecule has 1 aliphatic heterocycles. The molecule has 1 amide bonds. The smallest absolute Gasteiger partial charge is 0.368 e. The summed E-state index contributed by atoms with van der Waals surface area (Å²) in [7, 11) is 1.65. The lowest BCUT2D eigenvalue weighted by atomic mass is 10.1. The average molecular weight is 383 g/mol. The zero-order valence-corrected chi connectivity index (χ0v) is 15.2. The maximum absolute atomic E-state index is 12.9. The van der Waals surface area contributed by atoms with Gasteiger partial charge in [-0.05, 0) is 31.0 Å². The minimum absolute atomic E-state index is 0.0544. The Hall–Kier alpha value is -2.45. The summed E-state index contributed by atoms with van der Waals surface area (Å²) >= 11 is 0. The lowest BCUT2D eigenvalue weighted by molar-refractivity contribution is -0.137. The Morgan fingerprint density at radius 2 is 1.93 bits per heavy atom. The number of rotatable bonds is 4. The molecule has 0 unspecified atom stereocenters. The van der Waals surface area contributed by atoms with E-state index in [1.54, 1.807) is 13.1 Å². The number of anilines is 1. The summed E-state index contributed by atoms with van der Waals surface area (Å²) in [6.45, 7) is 2.55. The van der Waals surface area contributed by atoms with Crippen LogP contribution in [0.4, 0.5) is 18.9 Å². The van der Waals surface area contributed by atoms with Gasteiger partial charge < -0.3 is 20.4 Å². The molecule has 1 aromatic carbocycles. The van der Waals surface area contributed by atoms with Gasteiger partial charge in [-0.2, -0.15) is 13.2 Å². The molecule has 9 heteroatoms. The zero-order valence-electron chi connectivity index (χ0n) is 15.2. The largest absolute Gasteiger partial charge is 0.416 e. The summed E-state index contributed by atoms with van der Waals surface area (Å²) in [6, 6.07) is 5.71. The van der Waals surface area contributed by atoms with E-state index in [1.807, 2.05) is 9.80 Å². The van der Waals surface area contributed by atoms with Gasteiger partial charge in [0.05, 0.1) is 12.1 Å². The first-order valence-corrected chi connectivity index (χ1v) is 9.04. The molecule has 2 N–H and O–H groups in total. The number of benzene rings is 1. The van der Waals surface area contributed by atoms with Crippen LogP contribution in [0, 0.1) is 0 Å². The van der Waals surface area contributed by atoms with Crippen LogP contribution in [0.15, 0.2) is 29.3 Å². The number of nitrogens with zero attached hydrogens (tertiary/aromatic N) is 3. The van der Waals surface area contributed by atoms with Crippen molar-refractivity contribution in [3.63, 3.8) is 0 Å². The number of hydrogen-bond acceptors (Lipinski definition) is 3. The Morgan fingerprint density at radius 3 is 2.52 bits per heavy atom. The van der Waals surface area contributed by atoms with Gasteiger partial charge in [-0.25, -0.2) is 0 Å². The minimum atomic E-state index is -4.34. The lowest BCUT2D eigenvalue weighted by Gasteiger charge is -2.37. The fourth-order valence-electron chi connectivity index (χ4n) is 3.05. The summed E-state index contributed by atoms with van der Waals surface area (Å²) in [4.78, 5) is 19.9. The van der Waals surface area contributed by atoms with Gasteiger partial charge >= 0.3 is 6.18 Å². The molecule has 3 rings (SSSR count). The Balaban J connectivity index is 1.52. The summed E-state index contributed by atoms with van der Waals surface area (Å²) in [5.41, 5.74) is -0.0715. The Bertz CT molecular complexity index is 694. The van der Waals surface area contributed by atoms with Crippen LogP contribution in [0.1, 0.15) is 18.4 Å². The highest BCUT2D eigenvalue weighted by Gasteiger charge is 2.31. The number of piperazine rings is 1. The molecule has 6 nitrogen and oxygen atoms in total. The van der Waals surface area contributed by atoms with Crippen molar-refractivity contribution in [2.45, 2.75) is 25.1 Å². The zero-order chi connectivity index (χ0) is 19.4. The first-order chi connectivity index (χ1) is 12.9. The second-order valence-electron chi connectivity index (χ2n) is 6.76. The van der Waals surface area contributed by atoms with Crippen molar-refractivity contribution >= 4 is 17.6 Å². The average Bonchev–Trinajstić information content (AvgIpc) is 3.46. The van der Waals surface area contributed by atoms with E-state index in [9.17, 15) is 18.0 Å². The fraction of sp³-hybridized carbons (Fsp3) is 0.556. The van der Waals surface area contributed by atoms with E-state index >= 15 is 0 Å². The molecule has 1 aromatic rings. The third-order valence-electron chi connectivity index (χ3n) is 4.68. The molecule has 1 saturated heterocycles. The predicted octanol–water partition coefficient (Wildman–Crippen LogP) is 1.68. The number of aliphatic imine (C=N–C) groups is 1. The predicted molar refractivity (Wildman–Crippen MR) is 97.8 cm³/mol. The molecule has 148 valence electrons. The van der Waals surface area contributed by atoms with E-state index in [0.717, 1.165) is 18.9 Å². The molecule has 0 spiro atoms. The second kappa shape index (κ2) is 8.06. The normalized spacial score (nSPS) is 18.4. The number of hydrogen-bond donors (Lipinski definition) is 2. The van der Waals surface area contributed by atoms with Gasteiger partial charge in [0.15, 0.2) is 5.96 Å². The molecule has 2 fully saturated rings. The van der Waals surface area contributed by atoms with Crippen molar-refractivity contribution in [3.8, 4) is 0 Å². The van der Waals surface area contributed by atoms with Crippen LogP contribution in [0.2, 0.25) is 0 Å². The van der Waals surface area contributed by atoms with Gasteiger partial charge in [0.25, 0.3) is 0 Å².